The van der Waals surface area contributed by atoms with Crippen LogP contribution >= 0.6 is 0 Å². The van der Waals surface area contributed by atoms with Crippen molar-refractivity contribution in [3.63, 3.8) is 0 Å². The number of methoxy groups -OCH3 is 1. The summed E-state index contributed by atoms with van der Waals surface area (Å²) >= 11 is 0. The Hall–Kier alpha value is -2.39. The highest BCUT2D eigenvalue weighted by Gasteiger charge is 2.34. The van der Waals surface area contributed by atoms with Gasteiger partial charge in [0, 0.05) is 51.2 Å². The van der Waals surface area contributed by atoms with Crippen molar-refractivity contribution in [3.8, 4) is 5.75 Å². The second-order valence-corrected chi connectivity index (χ2v) is 8.71. The highest BCUT2D eigenvalue weighted by Crippen LogP contribution is 2.23. The van der Waals surface area contributed by atoms with Crippen LogP contribution in [0.15, 0.2) is 51.5 Å². The number of benzene rings is 1. The van der Waals surface area contributed by atoms with E-state index in [4.69, 9.17) is 4.74 Å². The molecule has 27 heavy (non-hydrogen) atoms. The highest BCUT2D eigenvalue weighted by molar-refractivity contribution is 7.89. The lowest BCUT2D eigenvalue weighted by Crippen LogP contribution is -2.53. The standard InChI is InChI=1S/C18H23N5O3S/c1-14-13-22-7-6-19-17(18(22)20-14)21-8-10-23(11-9-21)27(24,25)16-5-3-4-15(12-16)26-2/h3-7,12,14H,8-11,13H2,1-2H3/t14-/m0/s1. The molecular formula is C18H23N5O3S. The Balaban J connectivity index is 1.48. The summed E-state index contributed by atoms with van der Waals surface area (Å²) in [5.41, 5.74) is 0. The molecule has 0 N–H and O–H groups in total. The van der Waals surface area contributed by atoms with Crippen molar-refractivity contribution in [1.29, 1.82) is 0 Å². The van der Waals surface area contributed by atoms with E-state index in [1.54, 1.807) is 30.5 Å². The number of hydrogen-bond acceptors (Lipinski definition) is 7. The predicted molar refractivity (Wildman–Crippen MR) is 104 cm³/mol. The summed E-state index contributed by atoms with van der Waals surface area (Å²) in [5.74, 6) is 2.25. The first-order valence-corrected chi connectivity index (χ1v) is 10.4. The molecule has 9 heteroatoms. The maximum absolute atomic E-state index is 12.9. The zero-order valence-electron chi connectivity index (χ0n) is 15.4. The number of amidine groups is 2. The van der Waals surface area contributed by atoms with Crippen molar-refractivity contribution in [3.05, 3.63) is 36.7 Å². The number of nitrogens with zero attached hydrogens (tertiary/aromatic N) is 5. The Morgan fingerprint density at radius 3 is 2.67 bits per heavy atom. The van der Waals surface area contributed by atoms with Gasteiger partial charge in [0.1, 0.15) is 5.75 Å². The van der Waals surface area contributed by atoms with Gasteiger partial charge in [0.25, 0.3) is 0 Å². The Labute approximate surface area is 159 Å². The highest BCUT2D eigenvalue weighted by atomic mass is 32.2. The van der Waals surface area contributed by atoms with Crippen molar-refractivity contribution in [2.24, 2.45) is 9.98 Å². The molecule has 0 unspecified atom stereocenters. The Morgan fingerprint density at radius 2 is 1.93 bits per heavy atom. The van der Waals surface area contributed by atoms with Gasteiger partial charge in [-0.3, -0.25) is 4.99 Å². The number of rotatable bonds is 3. The molecule has 1 atom stereocenters. The van der Waals surface area contributed by atoms with Crippen LogP contribution in [-0.4, -0.2) is 80.1 Å². The molecule has 0 bridgehead atoms. The van der Waals surface area contributed by atoms with Gasteiger partial charge in [-0.1, -0.05) is 6.07 Å². The number of fused-ring (bicyclic) bond motifs is 1. The average molecular weight is 389 g/mol. The molecule has 0 amide bonds. The van der Waals surface area contributed by atoms with Gasteiger partial charge in [-0.15, -0.1) is 0 Å². The average Bonchev–Trinajstić information content (AvgIpc) is 3.08. The minimum Gasteiger partial charge on any atom is -0.497 e. The summed E-state index contributed by atoms with van der Waals surface area (Å²) in [6.45, 7) is 4.91. The third-order valence-corrected chi connectivity index (χ3v) is 6.83. The van der Waals surface area contributed by atoms with Crippen LogP contribution in [0, 0.1) is 0 Å². The molecule has 1 aromatic carbocycles. The van der Waals surface area contributed by atoms with Gasteiger partial charge in [-0.2, -0.15) is 4.31 Å². The minimum atomic E-state index is -3.54. The van der Waals surface area contributed by atoms with E-state index < -0.39 is 10.0 Å². The molecule has 4 rings (SSSR count). The third kappa shape index (κ3) is 3.32. The quantitative estimate of drug-likeness (QED) is 0.770. The van der Waals surface area contributed by atoms with Gasteiger partial charge in [-0.05, 0) is 19.1 Å². The molecule has 3 aliphatic rings. The van der Waals surface area contributed by atoms with Gasteiger partial charge < -0.3 is 14.5 Å². The molecule has 0 saturated carbocycles. The van der Waals surface area contributed by atoms with E-state index in [1.165, 1.54) is 11.4 Å². The van der Waals surface area contributed by atoms with E-state index in [1.807, 2.05) is 6.20 Å². The largest absolute Gasteiger partial charge is 0.497 e. The maximum atomic E-state index is 12.9. The van der Waals surface area contributed by atoms with Crippen LogP contribution < -0.4 is 4.74 Å². The van der Waals surface area contributed by atoms with Crippen molar-refractivity contribution < 1.29 is 13.2 Å². The number of piperazine rings is 1. The Bertz CT molecular complexity index is 917. The molecular weight excluding hydrogens is 366 g/mol. The third-order valence-electron chi connectivity index (χ3n) is 4.94. The van der Waals surface area contributed by atoms with E-state index in [-0.39, 0.29) is 10.9 Å². The molecule has 0 spiro atoms. The van der Waals surface area contributed by atoms with Gasteiger partial charge in [-0.25, -0.2) is 13.4 Å². The fourth-order valence-corrected chi connectivity index (χ4v) is 4.99. The van der Waals surface area contributed by atoms with Gasteiger partial charge in [0.15, 0.2) is 11.7 Å². The molecule has 8 nitrogen and oxygen atoms in total. The van der Waals surface area contributed by atoms with E-state index in [0.717, 1.165) is 18.2 Å². The van der Waals surface area contributed by atoms with Crippen LogP contribution in [0.4, 0.5) is 0 Å². The van der Waals surface area contributed by atoms with Crippen molar-refractivity contribution in [1.82, 2.24) is 14.1 Å². The summed E-state index contributed by atoms with van der Waals surface area (Å²) in [7, 11) is -2.02. The Kier molecular flexibility index (Phi) is 4.65. The van der Waals surface area contributed by atoms with E-state index in [9.17, 15) is 8.42 Å². The topological polar surface area (TPSA) is 77.8 Å². The SMILES string of the molecule is COc1cccc(S(=O)(=O)N2CCN(C3=NC=CN4C[C@H](C)N=C34)CC2)c1. The van der Waals surface area contributed by atoms with E-state index in [0.29, 0.717) is 31.9 Å². The van der Waals surface area contributed by atoms with E-state index in [2.05, 4.69) is 26.7 Å². The Morgan fingerprint density at radius 1 is 1.15 bits per heavy atom. The van der Waals surface area contributed by atoms with Crippen molar-refractivity contribution in [2.45, 2.75) is 17.9 Å². The smallest absolute Gasteiger partial charge is 0.243 e. The first-order valence-electron chi connectivity index (χ1n) is 8.97. The number of sulfonamides is 1. The summed E-state index contributed by atoms with van der Waals surface area (Å²) in [4.78, 5) is 13.7. The van der Waals surface area contributed by atoms with Gasteiger partial charge in [0.05, 0.1) is 18.0 Å². The fourth-order valence-electron chi connectivity index (χ4n) is 3.53. The molecule has 0 radical (unpaired) electrons. The first-order chi connectivity index (χ1) is 13.0. The minimum absolute atomic E-state index is 0.239. The maximum Gasteiger partial charge on any atom is 0.243 e. The van der Waals surface area contributed by atoms with Crippen LogP contribution in [0.5, 0.6) is 5.75 Å². The van der Waals surface area contributed by atoms with Crippen LogP contribution in [0.25, 0.3) is 0 Å². The molecule has 144 valence electrons. The molecule has 1 saturated heterocycles. The van der Waals surface area contributed by atoms with Crippen LogP contribution in [0.2, 0.25) is 0 Å². The first kappa shape index (κ1) is 18.0. The number of ether oxygens (including phenoxy) is 1. The van der Waals surface area contributed by atoms with Gasteiger partial charge in [0.2, 0.25) is 10.0 Å². The molecule has 3 aliphatic heterocycles. The molecule has 1 aromatic rings. The summed E-state index contributed by atoms with van der Waals surface area (Å²) < 4.78 is 32.6. The second-order valence-electron chi connectivity index (χ2n) is 6.78. The second kappa shape index (κ2) is 6.97. The van der Waals surface area contributed by atoms with Crippen LogP contribution in [0.3, 0.4) is 0 Å². The van der Waals surface area contributed by atoms with Crippen molar-refractivity contribution >= 4 is 21.7 Å². The van der Waals surface area contributed by atoms with Gasteiger partial charge >= 0.3 is 0 Å². The summed E-state index contributed by atoms with van der Waals surface area (Å²) in [6, 6.07) is 6.83. The summed E-state index contributed by atoms with van der Waals surface area (Å²) in [5, 5.41) is 0. The molecule has 3 heterocycles. The lowest BCUT2D eigenvalue weighted by molar-refractivity contribution is 0.267. The van der Waals surface area contributed by atoms with Crippen LogP contribution in [-0.2, 0) is 10.0 Å². The number of aliphatic imine (C=N–C) groups is 2. The zero-order valence-corrected chi connectivity index (χ0v) is 16.3. The molecule has 1 fully saturated rings. The fraction of sp³-hybridized carbons (Fsp3) is 0.444. The zero-order chi connectivity index (χ0) is 19.0. The lowest BCUT2D eigenvalue weighted by Gasteiger charge is -2.37. The molecule has 0 aliphatic carbocycles. The van der Waals surface area contributed by atoms with Crippen LogP contribution in [0.1, 0.15) is 6.92 Å². The normalized spacial score (nSPS) is 23.1. The summed E-state index contributed by atoms with van der Waals surface area (Å²) in [6.07, 6.45) is 3.72. The lowest BCUT2D eigenvalue weighted by atomic mass is 10.3. The van der Waals surface area contributed by atoms with Crippen molar-refractivity contribution in [2.75, 3.05) is 39.8 Å². The molecule has 0 aromatic heterocycles. The van der Waals surface area contributed by atoms with E-state index >= 15 is 0 Å². The number of hydrogen-bond donors (Lipinski definition) is 0. The monoisotopic (exact) mass is 389 g/mol. The predicted octanol–water partition coefficient (Wildman–Crippen LogP) is 0.987.